The first-order chi connectivity index (χ1) is 13.1. The van der Waals surface area contributed by atoms with E-state index in [2.05, 4.69) is 21.1 Å². The number of amidine groups is 1. The summed E-state index contributed by atoms with van der Waals surface area (Å²) in [5.41, 5.74) is 4.16. The Kier molecular flexibility index (Phi) is 5.33. The number of carbonyl (C=O) groups excluding carboxylic acids is 1. The van der Waals surface area contributed by atoms with Crippen LogP contribution in [0.15, 0.2) is 28.1 Å². The second-order valence-corrected chi connectivity index (χ2v) is 7.75. The van der Waals surface area contributed by atoms with Crippen molar-refractivity contribution >= 4 is 28.5 Å². The Labute approximate surface area is 161 Å². The van der Waals surface area contributed by atoms with Crippen molar-refractivity contribution < 1.29 is 14.3 Å². The van der Waals surface area contributed by atoms with E-state index in [0.717, 1.165) is 51.5 Å². The molecule has 0 bridgehead atoms. The number of phenolic OH excluding ortho intramolecular Hbond substituents is 1. The first-order valence-corrected chi connectivity index (χ1v) is 9.96. The average molecular weight is 391 g/mol. The summed E-state index contributed by atoms with van der Waals surface area (Å²) in [6, 6.07) is 3.96. The van der Waals surface area contributed by atoms with Gasteiger partial charge in [-0.25, -0.2) is 9.82 Å². The van der Waals surface area contributed by atoms with Crippen molar-refractivity contribution in [1.82, 2.24) is 21.1 Å². The number of hydrazine groups is 1. The molecule has 1 amide bonds. The lowest BCUT2D eigenvalue weighted by Crippen LogP contribution is -2.45. The van der Waals surface area contributed by atoms with E-state index < -0.39 is 5.82 Å². The third-order valence-electron chi connectivity index (χ3n) is 4.79. The van der Waals surface area contributed by atoms with E-state index in [1.807, 2.05) is 5.01 Å². The molecule has 3 aliphatic rings. The van der Waals surface area contributed by atoms with Crippen molar-refractivity contribution in [3.8, 4) is 5.75 Å². The second kappa shape index (κ2) is 7.87. The van der Waals surface area contributed by atoms with Crippen LogP contribution in [0.1, 0.15) is 24.8 Å². The number of nitrogens with one attached hydrogen (secondary N) is 3. The summed E-state index contributed by atoms with van der Waals surface area (Å²) in [5.74, 6) is -1.07. The lowest BCUT2D eigenvalue weighted by Gasteiger charge is -2.28. The van der Waals surface area contributed by atoms with Gasteiger partial charge in [0.1, 0.15) is 16.5 Å². The number of carbonyl (C=O) groups is 1. The molecule has 0 spiro atoms. The van der Waals surface area contributed by atoms with Crippen LogP contribution in [-0.2, 0) is 4.79 Å². The van der Waals surface area contributed by atoms with Crippen LogP contribution in [0.3, 0.4) is 0 Å². The molecule has 1 aromatic rings. The molecule has 3 aliphatic heterocycles. The van der Waals surface area contributed by atoms with E-state index in [1.165, 1.54) is 23.9 Å². The van der Waals surface area contributed by atoms with Gasteiger partial charge in [-0.3, -0.25) is 9.80 Å². The minimum absolute atomic E-state index is 0.127. The van der Waals surface area contributed by atoms with E-state index in [9.17, 15) is 14.3 Å². The molecule has 2 saturated heterocycles. The Balaban J connectivity index is 1.67. The summed E-state index contributed by atoms with van der Waals surface area (Å²) in [6.07, 6.45) is 3.03. The summed E-state index contributed by atoms with van der Waals surface area (Å²) in [5, 5.41) is 19.4. The maximum absolute atomic E-state index is 13.5. The van der Waals surface area contributed by atoms with Crippen molar-refractivity contribution in [3.63, 3.8) is 0 Å². The van der Waals surface area contributed by atoms with Gasteiger partial charge in [-0.2, -0.15) is 4.99 Å². The first-order valence-electron chi connectivity index (χ1n) is 9.14. The number of phenols is 1. The van der Waals surface area contributed by atoms with E-state index >= 15 is 0 Å². The zero-order valence-corrected chi connectivity index (χ0v) is 15.6. The van der Waals surface area contributed by atoms with Crippen LogP contribution in [-0.4, -0.2) is 53.4 Å². The highest BCUT2D eigenvalue weighted by Crippen LogP contribution is 2.37. The molecule has 27 heavy (non-hydrogen) atoms. The van der Waals surface area contributed by atoms with Gasteiger partial charge in [-0.15, -0.1) is 0 Å². The minimum Gasteiger partial charge on any atom is -0.507 e. The summed E-state index contributed by atoms with van der Waals surface area (Å²) in [7, 11) is 0. The van der Waals surface area contributed by atoms with E-state index in [1.54, 1.807) is 0 Å². The number of hydrogen-bond donors (Lipinski definition) is 4. The topological polar surface area (TPSA) is 89.0 Å². The van der Waals surface area contributed by atoms with Gasteiger partial charge in [0.2, 0.25) is 0 Å². The molecule has 0 aromatic heterocycles. The van der Waals surface area contributed by atoms with Crippen molar-refractivity contribution in [2.45, 2.75) is 25.3 Å². The maximum atomic E-state index is 13.5. The number of hydrogen-bond acceptors (Lipinski definition) is 7. The number of nitrogens with zero attached hydrogens (tertiary/aromatic N) is 2. The van der Waals surface area contributed by atoms with Gasteiger partial charge in [-0.1, -0.05) is 0 Å². The molecular weight excluding hydrogens is 369 g/mol. The highest BCUT2D eigenvalue weighted by Gasteiger charge is 2.32. The highest BCUT2D eigenvalue weighted by atomic mass is 32.2. The van der Waals surface area contributed by atoms with E-state index in [4.69, 9.17) is 0 Å². The third kappa shape index (κ3) is 3.95. The quantitative estimate of drug-likeness (QED) is 0.579. The minimum atomic E-state index is -0.525. The van der Waals surface area contributed by atoms with Crippen LogP contribution >= 0.6 is 11.8 Å². The van der Waals surface area contributed by atoms with Gasteiger partial charge in [0.05, 0.1) is 5.70 Å². The predicted molar refractivity (Wildman–Crippen MR) is 103 cm³/mol. The van der Waals surface area contributed by atoms with Gasteiger partial charge >= 0.3 is 0 Å². The molecule has 2 fully saturated rings. The first kappa shape index (κ1) is 18.3. The standard InChI is InChI=1S/C18H22FN5O2S/c19-11-3-4-13(14(25)9-11)15(22-12-5-7-20-10-12)16-17(26)23-18(27-16)24-8-2-1-6-21-24/h3-4,9,12,20-22,25H,1-2,5-8,10H2/b16-15+/t12-/m1/s1. The van der Waals surface area contributed by atoms with Crippen LogP contribution in [0.4, 0.5) is 4.39 Å². The molecule has 7 nitrogen and oxygen atoms in total. The Morgan fingerprint density at radius 3 is 2.96 bits per heavy atom. The number of amides is 1. The van der Waals surface area contributed by atoms with Crippen LogP contribution in [0.2, 0.25) is 0 Å². The molecular formula is C18H22FN5O2S. The fraction of sp³-hybridized carbons (Fsp3) is 0.444. The van der Waals surface area contributed by atoms with Gasteiger partial charge in [0.15, 0.2) is 5.17 Å². The summed E-state index contributed by atoms with van der Waals surface area (Å²) in [4.78, 5) is 17.3. The fourth-order valence-corrected chi connectivity index (χ4v) is 4.36. The van der Waals surface area contributed by atoms with Crippen LogP contribution < -0.4 is 16.1 Å². The Morgan fingerprint density at radius 2 is 2.26 bits per heavy atom. The van der Waals surface area contributed by atoms with Crippen LogP contribution in [0.25, 0.3) is 5.70 Å². The number of benzene rings is 1. The lowest BCUT2D eigenvalue weighted by atomic mass is 10.1. The molecule has 0 aliphatic carbocycles. The smallest absolute Gasteiger partial charge is 0.288 e. The number of thioether (sulfide) groups is 1. The van der Waals surface area contributed by atoms with Crippen molar-refractivity contribution in [2.24, 2.45) is 4.99 Å². The van der Waals surface area contributed by atoms with E-state index in [0.29, 0.717) is 21.3 Å². The number of aromatic hydroxyl groups is 1. The van der Waals surface area contributed by atoms with Crippen molar-refractivity contribution in [1.29, 1.82) is 0 Å². The van der Waals surface area contributed by atoms with Gasteiger partial charge < -0.3 is 15.7 Å². The Bertz CT molecular complexity index is 801. The molecule has 0 unspecified atom stereocenters. The van der Waals surface area contributed by atoms with Crippen molar-refractivity contribution in [3.05, 3.63) is 34.5 Å². The summed E-state index contributed by atoms with van der Waals surface area (Å²) < 4.78 is 13.5. The highest BCUT2D eigenvalue weighted by molar-refractivity contribution is 8.18. The molecule has 3 heterocycles. The number of aliphatic imine (C=N–C) groups is 1. The number of halogens is 1. The Morgan fingerprint density at radius 1 is 1.37 bits per heavy atom. The zero-order valence-electron chi connectivity index (χ0n) is 14.8. The maximum Gasteiger partial charge on any atom is 0.288 e. The van der Waals surface area contributed by atoms with Crippen molar-refractivity contribution in [2.75, 3.05) is 26.2 Å². The van der Waals surface area contributed by atoms with Crippen LogP contribution in [0.5, 0.6) is 5.75 Å². The molecule has 0 saturated carbocycles. The Hall–Kier alpha value is -2.10. The zero-order chi connectivity index (χ0) is 18.8. The number of rotatable bonds is 3. The summed E-state index contributed by atoms with van der Waals surface area (Å²) >= 11 is 1.28. The average Bonchev–Trinajstić information content (AvgIpc) is 3.31. The second-order valence-electron chi connectivity index (χ2n) is 6.77. The fourth-order valence-electron chi connectivity index (χ4n) is 3.38. The normalized spacial score (nSPS) is 24.9. The molecule has 4 rings (SSSR count). The lowest BCUT2D eigenvalue weighted by molar-refractivity contribution is -0.113. The van der Waals surface area contributed by atoms with Gasteiger partial charge in [0.25, 0.3) is 5.91 Å². The molecule has 1 aromatic carbocycles. The third-order valence-corrected chi connectivity index (χ3v) is 5.87. The summed E-state index contributed by atoms with van der Waals surface area (Å²) in [6.45, 7) is 3.29. The van der Waals surface area contributed by atoms with Gasteiger partial charge in [0, 0.05) is 37.3 Å². The van der Waals surface area contributed by atoms with E-state index in [-0.39, 0.29) is 17.7 Å². The molecule has 9 heteroatoms. The largest absolute Gasteiger partial charge is 0.507 e. The van der Waals surface area contributed by atoms with Crippen LogP contribution in [0, 0.1) is 5.82 Å². The molecule has 0 radical (unpaired) electrons. The molecule has 4 N–H and O–H groups in total. The molecule has 144 valence electrons. The predicted octanol–water partition coefficient (Wildman–Crippen LogP) is 1.38. The monoisotopic (exact) mass is 391 g/mol. The molecule has 1 atom stereocenters. The SMILES string of the molecule is O=C1N=C(N2CCCCN2)S/C1=C(/N[C@@H]1CCNC1)c1ccc(F)cc1O. The van der Waals surface area contributed by atoms with Gasteiger partial charge in [-0.05, 0) is 49.7 Å².